The van der Waals surface area contributed by atoms with Gasteiger partial charge in [0.15, 0.2) is 5.96 Å². The largest absolute Gasteiger partial charge is 0.508 e. The molecule has 7 rings (SSSR count). The number of phenolic OH excluding ortho intramolecular Hbond substituents is 3. The summed E-state index contributed by atoms with van der Waals surface area (Å²) >= 11 is 8.61. The number of nitrogens with two attached hydrogens (primary N) is 5. The number of likely N-dealkylation sites (tertiary alicyclic amines) is 3. The predicted molar refractivity (Wildman–Crippen MR) is 463 cm³/mol. The third-order valence-corrected chi connectivity index (χ3v) is 22.3. The number of aliphatic carboxylic acids is 1. The Morgan fingerprint density at radius 2 is 0.874 bits per heavy atom. The van der Waals surface area contributed by atoms with Gasteiger partial charge in [-0.05, 0) is 157 Å². The van der Waals surface area contributed by atoms with Gasteiger partial charge in [-0.1, -0.05) is 36.4 Å². The molecule has 0 radical (unpaired) electrons. The number of rotatable bonds is 50. The van der Waals surface area contributed by atoms with Gasteiger partial charge in [-0.3, -0.25) is 77.3 Å². The van der Waals surface area contributed by atoms with E-state index >= 15 is 0 Å². The number of unbranched alkanes of at least 4 members (excludes halogenated alkanes) is 1. The number of carbonyl (C=O) groups excluding carboxylic acids is 15. The Balaban J connectivity index is 1.03. The predicted octanol–water partition coefficient (Wildman–Crippen LogP) is -6.61. The number of imidazole rings is 1. The van der Waals surface area contributed by atoms with Crippen molar-refractivity contribution in [1.29, 1.82) is 5.41 Å². The number of nitrogens with zero attached hydrogens (tertiary/aromatic N) is 4. The fourth-order valence-corrected chi connectivity index (χ4v) is 15.2. The zero-order valence-corrected chi connectivity index (χ0v) is 72.0. The van der Waals surface area contributed by atoms with E-state index in [1.807, 2.05) is 0 Å². The molecular weight excluding hydrogens is 1700 g/mol. The SMILES string of the molecule is C[C@H](NC(=O)[C@H](CO)NC(=O)[C@H](CS)NC(=O)[C@H](Cc1ccc(O)cc1)NC(=O)[C@@H](N)Cc1c[nH]cn1)C(=O)N1CCC[C@@H]1C(=O)N[C@@H](CCN)C(=O)N[C@@H](CCCNC(=N)N)C(=O)N[C@@H](Cc1ccc(O)cc1)C(=O)N[C@@H](CS)C(=O)N[C@@H](Cc1ccc(O)cc1)C(=O)N[C@@H](CCC(N)=O)C(=O)N[C@@H](CCCCN)C(=O)N1CCC[C@@H]1C(=O)N1CCC[C@H]1C(=O)O. The Labute approximate surface area is 742 Å². The van der Waals surface area contributed by atoms with Crippen molar-refractivity contribution in [2.75, 3.05) is 57.4 Å². The van der Waals surface area contributed by atoms with Crippen LogP contribution >= 0.6 is 25.3 Å². The summed E-state index contributed by atoms with van der Waals surface area (Å²) in [5, 5.41) is 89.0. The second-order valence-corrected chi connectivity index (χ2v) is 31.9. The van der Waals surface area contributed by atoms with Crippen molar-refractivity contribution in [3.63, 3.8) is 0 Å². The molecule has 15 atom stereocenters. The van der Waals surface area contributed by atoms with Gasteiger partial charge in [0.25, 0.3) is 0 Å². The average molecular weight is 1810 g/mol. The monoisotopic (exact) mass is 1810 g/mol. The summed E-state index contributed by atoms with van der Waals surface area (Å²) in [4.78, 5) is 236. The Morgan fingerprint density at radius 1 is 0.472 bits per heavy atom. The van der Waals surface area contributed by atoms with Gasteiger partial charge in [-0.2, -0.15) is 25.3 Å². The van der Waals surface area contributed by atoms with E-state index in [4.69, 9.17) is 34.1 Å². The molecule has 4 heterocycles. The van der Waals surface area contributed by atoms with Crippen LogP contribution in [0.15, 0.2) is 85.3 Å². The Hall–Kier alpha value is -12.4. The summed E-state index contributed by atoms with van der Waals surface area (Å²) in [5.41, 5.74) is 30.7. The van der Waals surface area contributed by atoms with Crippen molar-refractivity contribution in [3.05, 3.63) is 108 Å². The summed E-state index contributed by atoms with van der Waals surface area (Å²) in [5.74, 6) is -16.6. The number of primary amides is 1. The first-order valence-electron chi connectivity index (χ1n) is 41.7. The lowest BCUT2D eigenvalue weighted by molar-refractivity contribution is -0.152. The molecule has 3 aliphatic rings. The highest BCUT2D eigenvalue weighted by molar-refractivity contribution is 7.80. The van der Waals surface area contributed by atoms with Gasteiger partial charge in [-0.25, -0.2) is 9.78 Å². The zero-order chi connectivity index (χ0) is 93.1. The molecule has 29 N–H and O–H groups in total. The maximum atomic E-state index is 14.9. The Morgan fingerprint density at radius 3 is 1.32 bits per heavy atom. The second kappa shape index (κ2) is 50.7. The number of hydrogen-bond acceptors (Lipinski definition) is 27. The highest BCUT2D eigenvalue weighted by Crippen LogP contribution is 2.28. The number of H-pyrrole nitrogens is 1. The highest BCUT2D eigenvalue weighted by Gasteiger charge is 2.46. The summed E-state index contributed by atoms with van der Waals surface area (Å²) in [6.45, 7) is 0.399. The fraction of sp³-hybridized carbons (Fsp3) is 0.531. The van der Waals surface area contributed by atoms with E-state index in [2.05, 4.69) is 99.0 Å². The van der Waals surface area contributed by atoms with E-state index in [1.54, 1.807) is 0 Å². The molecule has 3 aliphatic heterocycles. The number of benzene rings is 3. The normalized spacial score (nSPS) is 17.6. The lowest BCUT2D eigenvalue weighted by atomic mass is 10.0. The minimum atomic E-state index is -1.74. The van der Waals surface area contributed by atoms with Gasteiger partial charge in [0.1, 0.15) is 102 Å². The van der Waals surface area contributed by atoms with E-state index in [-0.39, 0.29) is 139 Å². The molecule has 3 saturated heterocycles. The van der Waals surface area contributed by atoms with Crippen molar-refractivity contribution >= 4 is 126 Å². The molecule has 3 fully saturated rings. The van der Waals surface area contributed by atoms with Crippen LogP contribution in [0.1, 0.15) is 119 Å². The number of aromatic amines is 1. The molecule has 0 aliphatic carbocycles. The number of carbonyl (C=O) groups is 16. The Bertz CT molecular complexity index is 4460. The number of hydrogen-bond donors (Lipinski definition) is 26. The van der Waals surface area contributed by atoms with E-state index in [0.717, 1.165) is 4.90 Å². The number of carboxylic acids is 1. The van der Waals surface area contributed by atoms with Gasteiger partial charge < -0.3 is 138 Å². The molecule has 0 saturated carbocycles. The molecule has 3 aromatic carbocycles. The van der Waals surface area contributed by atoms with E-state index in [0.29, 0.717) is 48.1 Å². The smallest absolute Gasteiger partial charge is 0.326 e. The molecule has 0 unspecified atom stereocenters. The van der Waals surface area contributed by atoms with Crippen LogP contribution in [-0.4, -0.2) is 299 Å². The van der Waals surface area contributed by atoms with Crippen molar-refractivity contribution in [2.24, 2.45) is 28.7 Å². The van der Waals surface area contributed by atoms with Crippen LogP contribution in [-0.2, 0) is 102 Å². The summed E-state index contributed by atoms with van der Waals surface area (Å²) in [7, 11) is 0. The van der Waals surface area contributed by atoms with E-state index in [1.165, 1.54) is 102 Å². The number of guanidine groups is 1. The summed E-state index contributed by atoms with van der Waals surface area (Å²) in [6.07, 6.45) is 2.85. The molecule has 127 heavy (non-hydrogen) atoms. The first-order chi connectivity index (χ1) is 60.6. The van der Waals surface area contributed by atoms with Crippen LogP contribution in [0.25, 0.3) is 0 Å². The number of carboxylic acid groups (broad SMARTS) is 1. The number of amides is 15. The van der Waals surface area contributed by atoms with Crippen LogP contribution < -0.4 is 92.5 Å². The number of aromatic hydroxyl groups is 3. The number of aliphatic hydroxyl groups is 1. The van der Waals surface area contributed by atoms with Gasteiger partial charge in [0.05, 0.1) is 24.7 Å². The minimum Gasteiger partial charge on any atom is -0.508 e. The lowest BCUT2D eigenvalue weighted by Gasteiger charge is -2.33. The van der Waals surface area contributed by atoms with Gasteiger partial charge in [0, 0.05) is 76.0 Å². The molecule has 44 nitrogen and oxygen atoms in total. The third kappa shape index (κ3) is 31.3. The molecule has 15 amide bonds. The topological polar surface area (TPSA) is 711 Å². The molecule has 46 heteroatoms. The molecule has 0 bridgehead atoms. The van der Waals surface area contributed by atoms with E-state index in [9.17, 15) is 102 Å². The lowest BCUT2D eigenvalue weighted by Crippen LogP contribution is -2.61. The summed E-state index contributed by atoms with van der Waals surface area (Å²) in [6, 6.07) is -5.09. The zero-order valence-electron chi connectivity index (χ0n) is 70.2. The van der Waals surface area contributed by atoms with Crippen LogP contribution in [0.3, 0.4) is 0 Å². The quantitative estimate of drug-likeness (QED) is 0.00846. The van der Waals surface area contributed by atoms with Gasteiger partial charge in [0.2, 0.25) is 88.6 Å². The third-order valence-electron chi connectivity index (χ3n) is 21.6. The second-order valence-electron chi connectivity index (χ2n) is 31.1. The van der Waals surface area contributed by atoms with Gasteiger partial charge >= 0.3 is 5.97 Å². The average Bonchev–Trinajstić information content (AvgIpc) is 1.67. The van der Waals surface area contributed by atoms with Crippen LogP contribution in [0.5, 0.6) is 17.2 Å². The van der Waals surface area contributed by atoms with Gasteiger partial charge in [-0.15, -0.1) is 0 Å². The molecular formula is C81H117N23O21S2. The first kappa shape index (κ1) is 102. The number of aromatic nitrogens is 2. The highest BCUT2D eigenvalue weighted by atomic mass is 32.1. The van der Waals surface area contributed by atoms with Crippen LogP contribution in [0.2, 0.25) is 0 Å². The van der Waals surface area contributed by atoms with E-state index < -0.39 is 216 Å². The van der Waals surface area contributed by atoms with Crippen molar-refractivity contribution in [1.82, 2.24) is 88.5 Å². The number of phenols is 3. The molecule has 0 spiro atoms. The Kier molecular flexibility index (Phi) is 40.6. The van der Waals surface area contributed by atoms with Crippen molar-refractivity contribution < 1.29 is 102 Å². The molecule has 694 valence electrons. The maximum Gasteiger partial charge on any atom is 0.326 e. The van der Waals surface area contributed by atoms with Crippen molar-refractivity contribution in [2.45, 2.75) is 213 Å². The number of nitrogens with one attached hydrogen (secondary N) is 14. The molecule has 4 aromatic rings. The number of aliphatic hydroxyl groups excluding tert-OH is 1. The fourth-order valence-electron chi connectivity index (χ4n) is 14.7. The van der Waals surface area contributed by atoms with Crippen LogP contribution in [0.4, 0.5) is 0 Å². The van der Waals surface area contributed by atoms with Crippen molar-refractivity contribution in [3.8, 4) is 17.2 Å². The minimum absolute atomic E-state index is 0.00427. The number of thiol groups is 2. The standard InChI is InChI=1S/C81H117N23O21S2/c1-43(91-73(117)59(39-105)99-75(119)61(41-127)101-71(115)56(34-44-13-19-48(106)20-14-44)96-66(110)51(84)37-47-38-88-42-90-47)77(121)102-31-5-10-62(102)76(120)94-54(27-29-83)69(113)92-52(9-4-30-89-81(86)87)67(111)97-58(36-46-17-23-50(108)24-18-46)72(116)100-60(40-126)74(118)98-57(35-45-15-21-49(107)22-16-45)70(114)93-53(25-26-65(85)109)68(112)95-55(8-2-3-28-82)78(122)103-32-6-11-63(103)79(123)104-33-7-12-64(104)80(124)125/h13-24,38,42-43,51-64,105-108,126-127H,2-12,25-37,39-41,82-84H2,1H3,(H2,85,109)(H,88,90)(H,91,117)(H,92,113)(H,93,114)(H,94,120)(H,95,112)(H,96,110)(H,97,111)(H,98,118)(H,99,119)(H,100,116)(H,101,115)(H,124,125)(H4,86,87,89)/t43-,51-,52-,53-,54-,55-,56-,57-,58-,59-,60-,61-,62+,63+,64-/m0/s1. The summed E-state index contributed by atoms with van der Waals surface area (Å²) < 4.78 is 0. The maximum absolute atomic E-state index is 14.9. The molecule has 1 aromatic heterocycles. The van der Waals surface area contributed by atoms with Crippen LogP contribution in [0, 0.1) is 5.41 Å². The first-order valence-corrected chi connectivity index (χ1v) is 43.0.